The Bertz CT molecular complexity index is 365. The summed E-state index contributed by atoms with van der Waals surface area (Å²) in [5, 5.41) is 9.36. The monoisotopic (exact) mass is 293 g/mol. The topological polar surface area (TPSA) is 23.5 Å². The van der Waals surface area contributed by atoms with Crippen LogP contribution < -0.4 is 0 Å². The Morgan fingerprint density at radius 1 is 1.15 bits per heavy atom. The van der Waals surface area contributed by atoms with Gasteiger partial charge in [0, 0.05) is 25.0 Å². The third-order valence-electron chi connectivity index (χ3n) is 4.42. The van der Waals surface area contributed by atoms with Crippen LogP contribution in [0.25, 0.3) is 0 Å². The summed E-state index contributed by atoms with van der Waals surface area (Å²) < 4.78 is 0. The van der Waals surface area contributed by atoms with Crippen LogP contribution in [-0.2, 0) is 0 Å². The number of hydrogen-bond acceptors (Lipinski definition) is 3. The molecule has 0 aliphatic heterocycles. The maximum atomic E-state index is 9.36. The molecule has 1 aromatic rings. The zero-order valence-corrected chi connectivity index (χ0v) is 13.1. The number of rotatable bonds is 7. The number of aliphatic hydroxyl groups is 1. The van der Waals surface area contributed by atoms with Gasteiger partial charge in [-0.2, -0.15) is 12.6 Å². The molecule has 2 rings (SSSR count). The fourth-order valence-electron chi connectivity index (χ4n) is 3.27. The van der Waals surface area contributed by atoms with Gasteiger partial charge < -0.3 is 5.11 Å². The lowest BCUT2D eigenvalue weighted by Gasteiger charge is -2.36. The zero-order chi connectivity index (χ0) is 14.2. The summed E-state index contributed by atoms with van der Waals surface area (Å²) in [5.41, 5.74) is 1.36. The Balaban J connectivity index is 2.01. The highest BCUT2D eigenvalue weighted by Crippen LogP contribution is 2.26. The largest absolute Gasteiger partial charge is 0.395 e. The van der Waals surface area contributed by atoms with E-state index < -0.39 is 0 Å². The van der Waals surface area contributed by atoms with Gasteiger partial charge in [0.25, 0.3) is 0 Å². The number of hydrogen-bond donors (Lipinski definition) is 2. The van der Waals surface area contributed by atoms with Gasteiger partial charge in [0.15, 0.2) is 0 Å². The fraction of sp³-hybridized carbons (Fsp3) is 0.647. The molecule has 0 aromatic heterocycles. The van der Waals surface area contributed by atoms with Crippen molar-refractivity contribution in [3.05, 3.63) is 35.9 Å². The van der Waals surface area contributed by atoms with Crippen LogP contribution in [0.3, 0.4) is 0 Å². The maximum Gasteiger partial charge on any atom is 0.0558 e. The van der Waals surface area contributed by atoms with E-state index >= 15 is 0 Å². The van der Waals surface area contributed by atoms with Crippen LogP contribution in [0.4, 0.5) is 0 Å². The van der Waals surface area contributed by atoms with E-state index in [4.69, 9.17) is 0 Å². The molecule has 1 aliphatic carbocycles. The lowest BCUT2D eigenvalue weighted by molar-refractivity contribution is 0.119. The van der Waals surface area contributed by atoms with E-state index in [0.717, 1.165) is 18.8 Å². The highest BCUT2D eigenvalue weighted by Gasteiger charge is 2.23. The standard InChI is InChI=1S/C17H27NOS/c19-12-11-18(17-9-5-2-6-10-17)13-16(14-20)15-7-3-1-4-8-15/h1,3-4,7-8,16-17,19-20H,2,5-6,9-14H2. The second kappa shape index (κ2) is 8.71. The average molecular weight is 293 g/mol. The summed E-state index contributed by atoms with van der Waals surface area (Å²) in [6, 6.07) is 11.3. The van der Waals surface area contributed by atoms with Crippen LogP contribution in [0.15, 0.2) is 30.3 Å². The van der Waals surface area contributed by atoms with Crippen LogP contribution in [0.5, 0.6) is 0 Å². The lowest BCUT2D eigenvalue weighted by Crippen LogP contribution is -2.41. The van der Waals surface area contributed by atoms with E-state index in [9.17, 15) is 5.11 Å². The molecule has 0 radical (unpaired) electrons. The second-order valence-corrected chi connectivity index (χ2v) is 6.17. The molecule has 20 heavy (non-hydrogen) atoms. The Labute approximate surface area is 128 Å². The molecular weight excluding hydrogens is 266 g/mol. The fourth-order valence-corrected chi connectivity index (χ4v) is 3.60. The highest BCUT2D eigenvalue weighted by molar-refractivity contribution is 7.80. The van der Waals surface area contributed by atoms with E-state index in [2.05, 4.69) is 47.9 Å². The van der Waals surface area contributed by atoms with Crippen molar-refractivity contribution in [1.29, 1.82) is 0 Å². The minimum absolute atomic E-state index is 0.255. The number of aliphatic hydroxyl groups excluding tert-OH is 1. The highest BCUT2D eigenvalue weighted by atomic mass is 32.1. The van der Waals surface area contributed by atoms with Crippen molar-refractivity contribution < 1.29 is 5.11 Å². The summed E-state index contributed by atoms with van der Waals surface area (Å²) in [6.07, 6.45) is 6.62. The Kier molecular flexibility index (Phi) is 6.91. The lowest BCUT2D eigenvalue weighted by atomic mass is 9.92. The predicted molar refractivity (Wildman–Crippen MR) is 88.6 cm³/mol. The molecule has 2 nitrogen and oxygen atoms in total. The molecule has 1 aliphatic rings. The third kappa shape index (κ3) is 4.51. The summed E-state index contributed by atoms with van der Waals surface area (Å²) in [6.45, 7) is 2.06. The van der Waals surface area contributed by atoms with Gasteiger partial charge in [-0.3, -0.25) is 4.90 Å². The predicted octanol–water partition coefficient (Wildman–Crippen LogP) is 3.33. The Morgan fingerprint density at radius 3 is 2.45 bits per heavy atom. The molecule has 1 atom stereocenters. The molecule has 1 N–H and O–H groups in total. The van der Waals surface area contributed by atoms with Crippen molar-refractivity contribution in [2.24, 2.45) is 0 Å². The van der Waals surface area contributed by atoms with E-state index in [0.29, 0.717) is 12.0 Å². The smallest absolute Gasteiger partial charge is 0.0558 e. The van der Waals surface area contributed by atoms with Gasteiger partial charge in [0.2, 0.25) is 0 Å². The molecule has 0 spiro atoms. The van der Waals surface area contributed by atoms with E-state index in [-0.39, 0.29) is 6.61 Å². The van der Waals surface area contributed by atoms with Gasteiger partial charge in [-0.25, -0.2) is 0 Å². The summed E-state index contributed by atoms with van der Waals surface area (Å²) in [5.74, 6) is 1.31. The molecule has 0 heterocycles. The second-order valence-electron chi connectivity index (χ2n) is 5.80. The molecule has 112 valence electrons. The molecular formula is C17H27NOS. The van der Waals surface area contributed by atoms with Crippen LogP contribution in [-0.4, -0.2) is 41.5 Å². The van der Waals surface area contributed by atoms with Crippen LogP contribution >= 0.6 is 12.6 Å². The normalized spacial score (nSPS) is 18.4. The molecule has 0 saturated heterocycles. The minimum atomic E-state index is 0.255. The SMILES string of the molecule is OCCN(CC(CS)c1ccccc1)C1CCCCC1. The Morgan fingerprint density at radius 2 is 1.85 bits per heavy atom. The minimum Gasteiger partial charge on any atom is -0.395 e. The Hall–Kier alpha value is -0.510. The van der Waals surface area contributed by atoms with Gasteiger partial charge in [-0.1, -0.05) is 49.6 Å². The van der Waals surface area contributed by atoms with Crippen LogP contribution in [0.2, 0.25) is 0 Å². The molecule has 0 amide bonds. The van der Waals surface area contributed by atoms with Crippen molar-refractivity contribution in [2.75, 3.05) is 25.4 Å². The van der Waals surface area contributed by atoms with Crippen molar-refractivity contribution in [1.82, 2.24) is 4.90 Å². The van der Waals surface area contributed by atoms with Gasteiger partial charge in [-0.15, -0.1) is 0 Å². The average Bonchev–Trinajstić information content (AvgIpc) is 2.53. The first-order chi connectivity index (χ1) is 9.85. The van der Waals surface area contributed by atoms with Gasteiger partial charge in [0.1, 0.15) is 0 Å². The number of thiol groups is 1. The van der Waals surface area contributed by atoms with Crippen molar-refractivity contribution >= 4 is 12.6 Å². The summed E-state index contributed by atoms with van der Waals surface area (Å²) >= 11 is 4.54. The van der Waals surface area contributed by atoms with Crippen molar-refractivity contribution in [3.8, 4) is 0 Å². The van der Waals surface area contributed by atoms with Crippen LogP contribution in [0, 0.1) is 0 Å². The summed E-state index contributed by atoms with van der Waals surface area (Å²) in [7, 11) is 0. The first-order valence-electron chi connectivity index (χ1n) is 7.86. The quantitative estimate of drug-likeness (QED) is 0.753. The first-order valence-corrected chi connectivity index (χ1v) is 8.49. The van der Waals surface area contributed by atoms with Crippen molar-refractivity contribution in [3.63, 3.8) is 0 Å². The van der Waals surface area contributed by atoms with Crippen molar-refractivity contribution in [2.45, 2.75) is 44.1 Å². The zero-order valence-electron chi connectivity index (χ0n) is 12.2. The molecule has 1 unspecified atom stereocenters. The molecule has 3 heteroatoms. The first kappa shape index (κ1) is 15.9. The van der Waals surface area contributed by atoms with Gasteiger partial charge in [-0.05, 0) is 24.2 Å². The van der Waals surface area contributed by atoms with Gasteiger partial charge in [0.05, 0.1) is 6.61 Å². The molecule has 1 saturated carbocycles. The van der Waals surface area contributed by atoms with E-state index in [1.165, 1.54) is 37.7 Å². The molecule has 1 aromatic carbocycles. The third-order valence-corrected chi connectivity index (χ3v) is 4.87. The van der Waals surface area contributed by atoms with E-state index in [1.807, 2.05) is 0 Å². The molecule has 0 bridgehead atoms. The van der Waals surface area contributed by atoms with E-state index in [1.54, 1.807) is 0 Å². The maximum absolute atomic E-state index is 9.36. The summed E-state index contributed by atoms with van der Waals surface area (Å²) in [4.78, 5) is 2.49. The molecule has 1 fully saturated rings. The number of nitrogens with zero attached hydrogens (tertiary/aromatic N) is 1. The van der Waals surface area contributed by atoms with Crippen LogP contribution in [0.1, 0.15) is 43.6 Å². The van der Waals surface area contributed by atoms with Gasteiger partial charge >= 0.3 is 0 Å². The number of benzene rings is 1.